The van der Waals surface area contributed by atoms with Gasteiger partial charge in [0.25, 0.3) is 0 Å². The predicted molar refractivity (Wildman–Crippen MR) is 86.6 cm³/mol. The maximum atomic E-state index is 5.97. The summed E-state index contributed by atoms with van der Waals surface area (Å²) in [6.07, 6.45) is 2.09. The summed E-state index contributed by atoms with van der Waals surface area (Å²) in [5.41, 5.74) is 9.29. The van der Waals surface area contributed by atoms with E-state index in [0.29, 0.717) is 18.2 Å². The van der Waals surface area contributed by atoms with Crippen LogP contribution in [0.3, 0.4) is 0 Å². The molecule has 0 bridgehead atoms. The Morgan fingerprint density at radius 1 is 1.14 bits per heavy atom. The van der Waals surface area contributed by atoms with E-state index in [1.807, 2.05) is 37.4 Å². The Hall–Kier alpha value is -1.97. The lowest BCUT2D eigenvalue weighted by molar-refractivity contribution is 0.307. The highest BCUT2D eigenvalue weighted by molar-refractivity contribution is 6.30. The molecular weight excluding hydrogens is 284 g/mol. The molecule has 3 aromatic rings. The standard InChI is InChI=1S/C17H17ClN2O/c1-20-10-13(11-21-15-6-3-5-14(18)8-15)17-12(9-19)4-2-7-16(17)20/h2-8,10H,9,11,19H2,1H3. The summed E-state index contributed by atoms with van der Waals surface area (Å²) in [5, 5.41) is 1.86. The number of nitrogens with zero attached hydrogens (tertiary/aromatic N) is 1. The molecule has 108 valence electrons. The van der Waals surface area contributed by atoms with Crippen LogP contribution in [0.4, 0.5) is 0 Å². The van der Waals surface area contributed by atoms with E-state index in [0.717, 1.165) is 16.9 Å². The van der Waals surface area contributed by atoms with Gasteiger partial charge in [-0.2, -0.15) is 0 Å². The Morgan fingerprint density at radius 2 is 1.95 bits per heavy atom. The number of ether oxygens (including phenoxy) is 1. The zero-order valence-electron chi connectivity index (χ0n) is 11.8. The largest absolute Gasteiger partial charge is 0.489 e. The molecule has 0 unspecified atom stereocenters. The van der Waals surface area contributed by atoms with Crippen LogP contribution >= 0.6 is 11.6 Å². The van der Waals surface area contributed by atoms with Crippen LogP contribution in [0.2, 0.25) is 5.02 Å². The van der Waals surface area contributed by atoms with Crippen molar-refractivity contribution in [2.75, 3.05) is 0 Å². The van der Waals surface area contributed by atoms with E-state index in [2.05, 4.69) is 22.9 Å². The number of benzene rings is 2. The van der Waals surface area contributed by atoms with Crippen molar-refractivity contribution in [3.63, 3.8) is 0 Å². The molecule has 0 saturated carbocycles. The summed E-state index contributed by atoms with van der Waals surface area (Å²) in [7, 11) is 2.03. The third-order valence-corrected chi connectivity index (χ3v) is 3.82. The minimum Gasteiger partial charge on any atom is -0.489 e. The van der Waals surface area contributed by atoms with Gasteiger partial charge in [0, 0.05) is 41.3 Å². The highest BCUT2D eigenvalue weighted by Gasteiger charge is 2.10. The van der Waals surface area contributed by atoms with Crippen LogP contribution in [0, 0.1) is 0 Å². The van der Waals surface area contributed by atoms with Crippen LogP contribution in [0.15, 0.2) is 48.7 Å². The minimum atomic E-state index is 0.495. The van der Waals surface area contributed by atoms with Crippen LogP contribution in [-0.2, 0) is 20.2 Å². The van der Waals surface area contributed by atoms with Crippen molar-refractivity contribution >= 4 is 22.5 Å². The van der Waals surface area contributed by atoms with Crippen LogP contribution in [0.1, 0.15) is 11.1 Å². The van der Waals surface area contributed by atoms with E-state index in [9.17, 15) is 0 Å². The van der Waals surface area contributed by atoms with E-state index in [1.165, 1.54) is 10.9 Å². The van der Waals surface area contributed by atoms with E-state index in [1.54, 1.807) is 0 Å². The summed E-state index contributed by atoms with van der Waals surface area (Å²) in [5.74, 6) is 0.768. The molecule has 0 radical (unpaired) electrons. The second-order valence-electron chi connectivity index (χ2n) is 5.03. The monoisotopic (exact) mass is 300 g/mol. The zero-order valence-corrected chi connectivity index (χ0v) is 12.6. The molecule has 0 aliphatic carbocycles. The van der Waals surface area contributed by atoms with Crippen molar-refractivity contribution < 1.29 is 4.74 Å². The first kappa shape index (κ1) is 14.0. The molecule has 1 heterocycles. The molecule has 0 aliphatic rings. The van der Waals surface area contributed by atoms with Gasteiger partial charge in [0.1, 0.15) is 12.4 Å². The van der Waals surface area contributed by atoms with E-state index >= 15 is 0 Å². The van der Waals surface area contributed by atoms with Crippen LogP contribution in [-0.4, -0.2) is 4.57 Å². The maximum absolute atomic E-state index is 5.97. The normalized spacial score (nSPS) is 11.0. The lowest BCUT2D eigenvalue weighted by Crippen LogP contribution is -1.99. The summed E-state index contributed by atoms with van der Waals surface area (Å²) in [4.78, 5) is 0. The second kappa shape index (κ2) is 5.80. The molecule has 2 aromatic carbocycles. The lowest BCUT2D eigenvalue weighted by Gasteiger charge is -2.07. The van der Waals surface area contributed by atoms with Gasteiger partial charge in [-0.15, -0.1) is 0 Å². The molecular formula is C17H17ClN2O. The molecule has 0 saturated heterocycles. The topological polar surface area (TPSA) is 40.2 Å². The first-order valence-corrected chi connectivity index (χ1v) is 7.21. The summed E-state index contributed by atoms with van der Waals surface area (Å²) in [6, 6.07) is 13.6. The van der Waals surface area contributed by atoms with Gasteiger partial charge in [0.15, 0.2) is 0 Å². The number of aryl methyl sites for hydroxylation is 1. The quantitative estimate of drug-likeness (QED) is 0.794. The Kier molecular flexibility index (Phi) is 3.86. The Morgan fingerprint density at radius 3 is 2.71 bits per heavy atom. The molecule has 1 aromatic heterocycles. The smallest absolute Gasteiger partial charge is 0.121 e. The highest BCUT2D eigenvalue weighted by atomic mass is 35.5. The van der Waals surface area contributed by atoms with Gasteiger partial charge in [-0.05, 0) is 29.8 Å². The average Bonchev–Trinajstić information content (AvgIpc) is 2.82. The van der Waals surface area contributed by atoms with Crippen LogP contribution in [0.25, 0.3) is 10.9 Å². The molecule has 0 amide bonds. The van der Waals surface area contributed by atoms with Crippen molar-refractivity contribution in [1.29, 1.82) is 0 Å². The fraction of sp³-hybridized carbons (Fsp3) is 0.176. The predicted octanol–water partition coefficient (Wildman–Crippen LogP) is 3.87. The fourth-order valence-corrected chi connectivity index (χ4v) is 2.80. The van der Waals surface area contributed by atoms with Crippen LogP contribution < -0.4 is 10.5 Å². The molecule has 0 fully saturated rings. The van der Waals surface area contributed by atoms with Gasteiger partial charge in [-0.3, -0.25) is 0 Å². The first-order chi connectivity index (χ1) is 10.2. The van der Waals surface area contributed by atoms with Crippen molar-refractivity contribution in [3.05, 3.63) is 64.8 Å². The zero-order chi connectivity index (χ0) is 14.8. The summed E-state index contributed by atoms with van der Waals surface area (Å²) < 4.78 is 7.96. The molecule has 4 heteroatoms. The van der Waals surface area contributed by atoms with Crippen molar-refractivity contribution in [1.82, 2.24) is 4.57 Å². The van der Waals surface area contributed by atoms with Gasteiger partial charge >= 0.3 is 0 Å². The number of halogens is 1. The lowest BCUT2D eigenvalue weighted by atomic mass is 10.1. The molecule has 3 nitrogen and oxygen atoms in total. The molecule has 0 aliphatic heterocycles. The number of nitrogens with two attached hydrogens (primary N) is 1. The Balaban J connectivity index is 1.94. The number of aromatic nitrogens is 1. The maximum Gasteiger partial charge on any atom is 0.121 e. The fourth-order valence-electron chi connectivity index (χ4n) is 2.62. The number of fused-ring (bicyclic) bond motifs is 1. The van der Waals surface area contributed by atoms with Crippen molar-refractivity contribution in [2.24, 2.45) is 12.8 Å². The molecule has 2 N–H and O–H groups in total. The van der Waals surface area contributed by atoms with Gasteiger partial charge in [-0.25, -0.2) is 0 Å². The molecule has 0 spiro atoms. The summed E-state index contributed by atoms with van der Waals surface area (Å²) in [6.45, 7) is 1.01. The van der Waals surface area contributed by atoms with Crippen molar-refractivity contribution in [3.8, 4) is 5.75 Å². The van der Waals surface area contributed by atoms with Gasteiger partial charge in [0.05, 0.1) is 0 Å². The first-order valence-electron chi connectivity index (χ1n) is 6.83. The van der Waals surface area contributed by atoms with Gasteiger partial charge in [0.2, 0.25) is 0 Å². The van der Waals surface area contributed by atoms with E-state index < -0.39 is 0 Å². The SMILES string of the molecule is Cn1cc(COc2cccc(Cl)c2)c2c(CN)cccc21. The third kappa shape index (κ3) is 2.75. The summed E-state index contributed by atoms with van der Waals surface area (Å²) >= 11 is 5.97. The Labute approximate surface area is 128 Å². The minimum absolute atomic E-state index is 0.495. The van der Waals surface area contributed by atoms with Gasteiger partial charge < -0.3 is 15.0 Å². The average molecular weight is 301 g/mol. The molecule has 0 atom stereocenters. The molecule has 3 rings (SSSR count). The number of hydrogen-bond donors (Lipinski definition) is 1. The van der Waals surface area contributed by atoms with Gasteiger partial charge in [-0.1, -0.05) is 29.8 Å². The highest BCUT2D eigenvalue weighted by Crippen LogP contribution is 2.26. The van der Waals surface area contributed by atoms with E-state index in [-0.39, 0.29) is 0 Å². The third-order valence-electron chi connectivity index (χ3n) is 3.59. The molecule has 21 heavy (non-hydrogen) atoms. The van der Waals surface area contributed by atoms with Crippen LogP contribution in [0.5, 0.6) is 5.75 Å². The second-order valence-corrected chi connectivity index (χ2v) is 5.46. The van der Waals surface area contributed by atoms with E-state index in [4.69, 9.17) is 22.1 Å². The number of hydrogen-bond acceptors (Lipinski definition) is 2. The number of rotatable bonds is 4. The van der Waals surface area contributed by atoms with Crippen molar-refractivity contribution in [2.45, 2.75) is 13.2 Å². The Bertz CT molecular complexity index is 780.